The number of carbonyl (C=O) groups excluding carboxylic acids is 1. The number of aromatic carboxylic acids is 1. The van der Waals surface area contributed by atoms with E-state index in [1.165, 1.54) is 6.07 Å². The van der Waals surface area contributed by atoms with Gasteiger partial charge in [0.05, 0.1) is 11.3 Å². The standard InChI is InChI=1S/C18H12BrNO3/c19-14-9-4-6-11-5-3-8-13(16(11)14)17(21)20-15-10-2-1-7-12(15)18(22)23/h1-10H,(H,20,21)(H,22,23). The Morgan fingerprint density at radius 1 is 0.870 bits per heavy atom. The van der Waals surface area contributed by atoms with E-state index in [4.69, 9.17) is 0 Å². The summed E-state index contributed by atoms with van der Waals surface area (Å²) >= 11 is 3.47. The lowest BCUT2D eigenvalue weighted by atomic mass is 10.0. The number of anilines is 1. The molecule has 114 valence electrons. The highest BCUT2D eigenvalue weighted by Crippen LogP contribution is 2.28. The zero-order chi connectivity index (χ0) is 16.4. The van der Waals surface area contributed by atoms with Crippen LogP contribution in [0.4, 0.5) is 5.69 Å². The molecule has 0 fully saturated rings. The summed E-state index contributed by atoms with van der Waals surface area (Å²) in [5.74, 6) is -1.43. The first-order valence-corrected chi connectivity index (χ1v) is 7.68. The number of para-hydroxylation sites is 1. The van der Waals surface area contributed by atoms with Crippen molar-refractivity contribution < 1.29 is 14.7 Å². The van der Waals surface area contributed by atoms with Crippen molar-refractivity contribution in [2.24, 2.45) is 0 Å². The van der Waals surface area contributed by atoms with Crippen LogP contribution in [0.2, 0.25) is 0 Å². The number of amides is 1. The van der Waals surface area contributed by atoms with Crippen molar-refractivity contribution in [3.05, 3.63) is 76.3 Å². The molecule has 4 nitrogen and oxygen atoms in total. The van der Waals surface area contributed by atoms with E-state index >= 15 is 0 Å². The maximum atomic E-state index is 12.6. The van der Waals surface area contributed by atoms with Gasteiger partial charge < -0.3 is 10.4 Å². The predicted octanol–water partition coefficient (Wildman–Crippen LogP) is 4.55. The maximum Gasteiger partial charge on any atom is 0.337 e. The summed E-state index contributed by atoms with van der Waals surface area (Å²) in [4.78, 5) is 23.9. The Bertz CT molecular complexity index is 916. The summed E-state index contributed by atoms with van der Waals surface area (Å²) in [5.41, 5.74) is 0.810. The van der Waals surface area contributed by atoms with Crippen LogP contribution in [0.15, 0.2) is 65.1 Å². The summed E-state index contributed by atoms with van der Waals surface area (Å²) in [7, 11) is 0. The number of carboxylic acid groups (broad SMARTS) is 1. The van der Waals surface area contributed by atoms with Crippen molar-refractivity contribution in [1.82, 2.24) is 0 Å². The third-order valence-electron chi connectivity index (χ3n) is 3.50. The van der Waals surface area contributed by atoms with Crippen LogP contribution in [0.3, 0.4) is 0 Å². The molecule has 0 aliphatic heterocycles. The summed E-state index contributed by atoms with van der Waals surface area (Å²) in [6.45, 7) is 0. The van der Waals surface area contributed by atoms with Crippen molar-refractivity contribution >= 4 is 44.3 Å². The van der Waals surface area contributed by atoms with E-state index in [-0.39, 0.29) is 17.2 Å². The Morgan fingerprint density at radius 2 is 1.52 bits per heavy atom. The van der Waals surface area contributed by atoms with Crippen LogP contribution in [-0.2, 0) is 0 Å². The minimum Gasteiger partial charge on any atom is -0.478 e. The van der Waals surface area contributed by atoms with Crippen LogP contribution in [0, 0.1) is 0 Å². The van der Waals surface area contributed by atoms with Crippen LogP contribution >= 0.6 is 15.9 Å². The van der Waals surface area contributed by atoms with E-state index < -0.39 is 5.97 Å². The zero-order valence-electron chi connectivity index (χ0n) is 11.9. The van der Waals surface area contributed by atoms with Gasteiger partial charge in [-0.1, -0.05) is 52.3 Å². The fraction of sp³-hybridized carbons (Fsp3) is 0. The van der Waals surface area contributed by atoms with E-state index in [9.17, 15) is 14.7 Å². The minimum atomic E-state index is -1.08. The van der Waals surface area contributed by atoms with Gasteiger partial charge >= 0.3 is 5.97 Å². The summed E-state index contributed by atoms with van der Waals surface area (Å²) in [6.07, 6.45) is 0. The first-order chi connectivity index (χ1) is 11.1. The molecule has 0 saturated carbocycles. The Balaban J connectivity index is 2.04. The number of hydrogen-bond donors (Lipinski definition) is 2. The van der Waals surface area contributed by atoms with Crippen LogP contribution in [-0.4, -0.2) is 17.0 Å². The number of rotatable bonds is 3. The number of halogens is 1. The Labute approximate surface area is 140 Å². The number of hydrogen-bond acceptors (Lipinski definition) is 2. The molecule has 0 spiro atoms. The quantitative estimate of drug-likeness (QED) is 0.711. The van der Waals surface area contributed by atoms with Crippen molar-refractivity contribution in [2.45, 2.75) is 0 Å². The molecule has 1 amide bonds. The van der Waals surface area contributed by atoms with Gasteiger partial charge in [-0.2, -0.15) is 0 Å². The van der Waals surface area contributed by atoms with Crippen molar-refractivity contribution in [3.63, 3.8) is 0 Å². The van der Waals surface area contributed by atoms with Gasteiger partial charge in [-0.05, 0) is 29.7 Å². The summed E-state index contributed by atoms with van der Waals surface area (Å²) in [6, 6.07) is 17.4. The van der Waals surface area contributed by atoms with Crippen molar-refractivity contribution in [3.8, 4) is 0 Å². The monoisotopic (exact) mass is 369 g/mol. The molecule has 3 aromatic rings. The van der Waals surface area contributed by atoms with Gasteiger partial charge in [0.2, 0.25) is 0 Å². The predicted molar refractivity (Wildman–Crippen MR) is 93.0 cm³/mol. The normalized spacial score (nSPS) is 10.5. The van der Waals surface area contributed by atoms with Crippen molar-refractivity contribution in [2.75, 3.05) is 5.32 Å². The number of benzene rings is 3. The third kappa shape index (κ3) is 2.96. The molecule has 3 aromatic carbocycles. The largest absolute Gasteiger partial charge is 0.478 e. The van der Waals surface area contributed by atoms with E-state index in [2.05, 4.69) is 21.2 Å². The molecule has 0 radical (unpaired) electrons. The highest BCUT2D eigenvalue weighted by molar-refractivity contribution is 9.10. The van der Waals surface area contributed by atoms with Gasteiger partial charge in [0, 0.05) is 15.4 Å². The Hall–Kier alpha value is -2.66. The van der Waals surface area contributed by atoms with Crippen LogP contribution < -0.4 is 5.32 Å². The SMILES string of the molecule is O=C(O)c1ccccc1NC(=O)c1cccc2cccc(Br)c12. The average molecular weight is 370 g/mol. The third-order valence-corrected chi connectivity index (χ3v) is 4.16. The second-order valence-electron chi connectivity index (χ2n) is 4.95. The van der Waals surface area contributed by atoms with Gasteiger partial charge in [-0.3, -0.25) is 4.79 Å². The second-order valence-corrected chi connectivity index (χ2v) is 5.80. The molecule has 0 bridgehead atoms. The molecule has 0 aliphatic rings. The second kappa shape index (κ2) is 6.22. The highest BCUT2D eigenvalue weighted by Gasteiger charge is 2.15. The molecular formula is C18H12BrNO3. The fourth-order valence-corrected chi connectivity index (χ4v) is 3.05. The molecule has 23 heavy (non-hydrogen) atoms. The van der Waals surface area contributed by atoms with E-state index in [1.807, 2.05) is 24.3 Å². The molecule has 3 rings (SSSR count). The minimum absolute atomic E-state index is 0.0557. The molecule has 5 heteroatoms. The molecule has 0 heterocycles. The Kier molecular flexibility index (Phi) is 4.12. The van der Waals surface area contributed by atoms with E-state index in [0.29, 0.717) is 5.56 Å². The average Bonchev–Trinajstić information content (AvgIpc) is 2.55. The lowest BCUT2D eigenvalue weighted by Gasteiger charge is -2.11. The molecule has 0 aromatic heterocycles. The molecule has 0 atom stereocenters. The summed E-state index contributed by atoms with van der Waals surface area (Å²) < 4.78 is 0.812. The first kappa shape index (κ1) is 15.2. The van der Waals surface area contributed by atoms with Gasteiger partial charge in [0.15, 0.2) is 0 Å². The maximum absolute atomic E-state index is 12.6. The van der Waals surface area contributed by atoms with E-state index in [0.717, 1.165) is 15.2 Å². The number of nitrogens with one attached hydrogen (secondary N) is 1. The van der Waals surface area contributed by atoms with Gasteiger partial charge in [0.25, 0.3) is 5.91 Å². The smallest absolute Gasteiger partial charge is 0.337 e. The van der Waals surface area contributed by atoms with Crippen molar-refractivity contribution in [1.29, 1.82) is 0 Å². The van der Waals surface area contributed by atoms with Gasteiger partial charge in [0.1, 0.15) is 0 Å². The molecule has 0 saturated heterocycles. The van der Waals surface area contributed by atoms with Crippen LogP contribution in [0.1, 0.15) is 20.7 Å². The molecule has 0 aliphatic carbocycles. The van der Waals surface area contributed by atoms with Crippen LogP contribution in [0.25, 0.3) is 10.8 Å². The molecule has 0 unspecified atom stereocenters. The van der Waals surface area contributed by atoms with Gasteiger partial charge in [-0.15, -0.1) is 0 Å². The fourth-order valence-electron chi connectivity index (χ4n) is 2.45. The summed E-state index contributed by atoms with van der Waals surface area (Å²) in [5, 5.41) is 13.6. The van der Waals surface area contributed by atoms with Crippen LogP contribution in [0.5, 0.6) is 0 Å². The van der Waals surface area contributed by atoms with Gasteiger partial charge in [-0.25, -0.2) is 4.79 Å². The molecule has 2 N–H and O–H groups in total. The number of fused-ring (bicyclic) bond motifs is 1. The zero-order valence-corrected chi connectivity index (χ0v) is 13.5. The number of carboxylic acids is 1. The van der Waals surface area contributed by atoms with E-state index in [1.54, 1.807) is 30.3 Å². The lowest BCUT2D eigenvalue weighted by molar-refractivity contribution is 0.0698. The first-order valence-electron chi connectivity index (χ1n) is 6.89. The number of carbonyl (C=O) groups is 2. The highest BCUT2D eigenvalue weighted by atomic mass is 79.9. The topological polar surface area (TPSA) is 66.4 Å². The Morgan fingerprint density at radius 3 is 2.26 bits per heavy atom. The lowest BCUT2D eigenvalue weighted by Crippen LogP contribution is -2.15. The molecular weight excluding hydrogens is 358 g/mol.